The van der Waals surface area contributed by atoms with Crippen molar-refractivity contribution in [2.24, 2.45) is 40.4 Å². The first-order valence-electron chi connectivity index (χ1n) is 13.7. The fourth-order valence-electron chi connectivity index (χ4n) is 8.77. The largest absolute Gasteiger partial charge is 0.465 e. The van der Waals surface area contributed by atoms with Gasteiger partial charge < -0.3 is 9.64 Å². The lowest BCUT2D eigenvalue weighted by molar-refractivity contribution is -0.161. The summed E-state index contributed by atoms with van der Waals surface area (Å²) < 4.78 is 5.97. The maximum absolute atomic E-state index is 12.7. The monoisotopic (exact) mass is 445 g/mol. The predicted molar refractivity (Wildman–Crippen MR) is 128 cm³/mol. The lowest BCUT2D eigenvalue weighted by Crippen LogP contribution is -2.61. The van der Waals surface area contributed by atoms with E-state index in [1.54, 1.807) is 0 Å². The molecule has 32 heavy (non-hydrogen) atoms. The molecule has 3 unspecified atom stereocenters. The molecule has 4 fully saturated rings. The Bertz CT molecular complexity index is 707. The highest BCUT2D eigenvalue weighted by atomic mass is 16.5. The maximum Gasteiger partial charge on any atom is 0.308 e. The molecule has 1 amide bonds. The van der Waals surface area contributed by atoms with Gasteiger partial charge in [0, 0.05) is 19.5 Å². The number of hydrogen-bond acceptors (Lipinski definition) is 3. The first-order chi connectivity index (χ1) is 15.3. The summed E-state index contributed by atoms with van der Waals surface area (Å²) in [6.07, 6.45) is 13.4. The molecule has 3 saturated carbocycles. The summed E-state index contributed by atoms with van der Waals surface area (Å²) in [6, 6.07) is 0.432. The Hall–Kier alpha value is -1.06. The third-order valence-corrected chi connectivity index (χ3v) is 10.9. The van der Waals surface area contributed by atoms with Crippen LogP contribution in [0, 0.1) is 40.4 Å². The SMILES string of the molecule is CCCCC(CC)C(=O)OCC1CC[C@H]2[C@@H]3CCC4N(C)C(=O)CC[C@]4(C)[C@@H]3CC[C@]12C. The normalized spacial score (nSPS) is 42.1. The van der Waals surface area contributed by atoms with Crippen LogP contribution in [0.5, 0.6) is 0 Å². The van der Waals surface area contributed by atoms with Gasteiger partial charge in [0.05, 0.1) is 12.5 Å². The molecule has 0 N–H and O–H groups in total. The molecule has 1 saturated heterocycles. The molecule has 4 rings (SSSR count). The molecule has 0 aromatic carbocycles. The molecule has 0 radical (unpaired) electrons. The van der Waals surface area contributed by atoms with E-state index in [1.165, 1.54) is 38.5 Å². The van der Waals surface area contributed by atoms with E-state index < -0.39 is 0 Å². The number of carbonyl (C=O) groups is 2. The molecule has 3 aliphatic carbocycles. The number of amides is 1. The number of nitrogens with zero attached hydrogens (tertiary/aromatic N) is 1. The van der Waals surface area contributed by atoms with Crippen LogP contribution in [-0.4, -0.2) is 36.5 Å². The van der Waals surface area contributed by atoms with E-state index in [-0.39, 0.29) is 17.3 Å². The summed E-state index contributed by atoms with van der Waals surface area (Å²) in [6.45, 7) is 9.94. The summed E-state index contributed by atoms with van der Waals surface area (Å²) in [7, 11) is 2.04. The van der Waals surface area contributed by atoms with Gasteiger partial charge in [-0.3, -0.25) is 9.59 Å². The smallest absolute Gasteiger partial charge is 0.308 e. The number of rotatable bonds is 7. The minimum absolute atomic E-state index is 0.0459. The zero-order chi connectivity index (χ0) is 23.1. The van der Waals surface area contributed by atoms with Crippen molar-refractivity contribution in [2.75, 3.05) is 13.7 Å². The van der Waals surface area contributed by atoms with Crippen molar-refractivity contribution in [3.63, 3.8) is 0 Å². The third kappa shape index (κ3) is 3.92. The van der Waals surface area contributed by atoms with Crippen molar-refractivity contribution in [3.8, 4) is 0 Å². The van der Waals surface area contributed by atoms with Crippen molar-refractivity contribution >= 4 is 11.9 Å². The molecule has 1 heterocycles. The predicted octanol–water partition coefficient (Wildman–Crippen LogP) is 6.23. The van der Waals surface area contributed by atoms with Gasteiger partial charge in [-0.25, -0.2) is 0 Å². The van der Waals surface area contributed by atoms with Crippen molar-refractivity contribution < 1.29 is 14.3 Å². The van der Waals surface area contributed by atoms with Gasteiger partial charge in [-0.1, -0.05) is 40.5 Å². The Balaban J connectivity index is 1.42. The Kier molecular flexibility index (Phi) is 6.99. The second-order valence-electron chi connectivity index (χ2n) is 12.2. The van der Waals surface area contributed by atoms with Gasteiger partial charge in [-0.05, 0) is 92.3 Å². The first-order valence-corrected chi connectivity index (χ1v) is 13.7. The van der Waals surface area contributed by atoms with Crippen LogP contribution in [0.1, 0.15) is 105 Å². The van der Waals surface area contributed by atoms with E-state index in [4.69, 9.17) is 4.74 Å². The van der Waals surface area contributed by atoms with Crippen molar-refractivity contribution in [3.05, 3.63) is 0 Å². The van der Waals surface area contributed by atoms with Gasteiger partial charge in [-0.15, -0.1) is 0 Å². The van der Waals surface area contributed by atoms with Crippen LogP contribution in [0.15, 0.2) is 0 Å². The van der Waals surface area contributed by atoms with Crippen LogP contribution >= 0.6 is 0 Å². The van der Waals surface area contributed by atoms with E-state index >= 15 is 0 Å². The molecule has 0 aromatic rings. The van der Waals surface area contributed by atoms with E-state index in [9.17, 15) is 9.59 Å². The van der Waals surface area contributed by atoms with E-state index in [0.717, 1.165) is 56.3 Å². The average molecular weight is 446 g/mol. The number of carbonyl (C=O) groups excluding carboxylic acids is 2. The van der Waals surface area contributed by atoms with Gasteiger partial charge in [0.15, 0.2) is 0 Å². The molecule has 0 bridgehead atoms. The Labute approximate surface area is 196 Å². The number of fused-ring (bicyclic) bond motifs is 5. The average Bonchev–Trinajstić information content (AvgIpc) is 3.12. The molecule has 182 valence electrons. The highest BCUT2D eigenvalue weighted by molar-refractivity contribution is 5.77. The number of hydrogen-bond donors (Lipinski definition) is 0. The van der Waals surface area contributed by atoms with Crippen LogP contribution in [0.4, 0.5) is 0 Å². The molecule has 1 aliphatic heterocycles. The fourth-order valence-corrected chi connectivity index (χ4v) is 8.77. The van der Waals surface area contributed by atoms with E-state index in [2.05, 4.69) is 32.6 Å². The Morgan fingerprint density at radius 3 is 2.53 bits per heavy atom. The van der Waals surface area contributed by atoms with Gasteiger partial charge in [0.2, 0.25) is 5.91 Å². The zero-order valence-electron chi connectivity index (χ0n) is 21.3. The van der Waals surface area contributed by atoms with Crippen LogP contribution in [0.25, 0.3) is 0 Å². The second-order valence-corrected chi connectivity index (χ2v) is 12.2. The summed E-state index contributed by atoms with van der Waals surface area (Å²) in [4.78, 5) is 27.2. The lowest BCUT2D eigenvalue weighted by atomic mass is 9.47. The summed E-state index contributed by atoms with van der Waals surface area (Å²) in [5.74, 6) is 3.27. The highest BCUT2D eigenvalue weighted by Crippen LogP contribution is 2.66. The van der Waals surface area contributed by atoms with Crippen molar-refractivity contribution in [1.82, 2.24) is 4.90 Å². The molecule has 4 aliphatic rings. The topological polar surface area (TPSA) is 46.6 Å². The molecule has 4 nitrogen and oxygen atoms in total. The van der Waals surface area contributed by atoms with Gasteiger partial charge in [0.25, 0.3) is 0 Å². The highest BCUT2D eigenvalue weighted by Gasteiger charge is 2.61. The Morgan fingerprint density at radius 2 is 1.81 bits per heavy atom. The molecule has 8 atom stereocenters. The Morgan fingerprint density at radius 1 is 1.06 bits per heavy atom. The minimum Gasteiger partial charge on any atom is -0.465 e. The molecular weight excluding hydrogens is 398 g/mol. The van der Waals surface area contributed by atoms with Gasteiger partial charge in [-0.2, -0.15) is 0 Å². The molecule has 0 spiro atoms. The summed E-state index contributed by atoms with van der Waals surface area (Å²) >= 11 is 0. The number of piperidine rings is 1. The standard InChI is InChI=1S/C28H47NO3/c1-6-8-9-19(7-2)26(31)32-18-20-10-12-22-21-11-13-24-28(4,17-15-25(30)29(24)5)23(21)14-16-27(20,22)3/h19-24H,6-18H2,1-5H3/t19?,20?,21-,22-,23+,24?,27+,28+/m0/s1. The zero-order valence-corrected chi connectivity index (χ0v) is 21.3. The molecule has 0 aromatic heterocycles. The van der Waals surface area contributed by atoms with Gasteiger partial charge in [0.1, 0.15) is 0 Å². The summed E-state index contributed by atoms with van der Waals surface area (Å²) in [5.41, 5.74) is 0.594. The maximum atomic E-state index is 12.7. The van der Waals surface area contributed by atoms with E-state index in [1.807, 2.05) is 7.05 Å². The van der Waals surface area contributed by atoms with Gasteiger partial charge >= 0.3 is 5.97 Å². The van der Waals surface area contributed by atoms with Crippen LogP contribution in [-0.2, 0) is 14.3 Å². The lowest BCUT2D eigenvalue weighted by Gasteiger charge is -2.61. The van der Waals surface area contributed by atoms with Crippen LogP contribution < -0.4 is 0 Å². The van der Waals surface area contributed by atoms with E-state index in [0.29, 0.717) is 29.9 Å². The number of esters is 1. The quantitative estimate of drug-likeness (QED) is 0.437. The van der Waals surface area contributed by atoms with Crippen LogP contribution in [0.3, 0.4) is 0 Å². The number of unbranched alkanes of at least 4 members (excludes halogenated alkanes) is 1. The first kappa shape index (κ1) is 24.1. The van der Waals surface area contributed by atoms with Crippen molar-refractivity contribution in [2.45, 2.75) is 111 Å². The number of likely N-dealkylation sites (tertiary alicyclic amines) is 1. The van der Waals surface area contributed by atoms with Crippen LogP contribution in [0.2, 0.25) is 0 Å². The molecule has 4 heteroatoms. The number of ether oxygens (including phenoxy) is 1. The third-order valence-electron chi connectivity index (χ3n) is 10.9. The van der Waals surface area contributed by atoms with Crippen molar-refractivity contribution in [1.29, 1.82) is 0 Å². The second kappa shape index (κ2) is 9.29. The summed E-state index contributed by atoms with van der Waals surface area (Å²) in [5, 5.41) is 0. The fraction of sp³-hybridized carbons (Fsp3) is 0.929. The molecular formula is C28H47NO3. The minimum atomic E-state index is 0.0459.